The summed E-state index contributed by atoms with van der Waals surface area (Å²) in [6.07, 6.45) is 4.63. The number of carbonyl (C=O) groups excluding carboxylic acids is 2. The van der Waals surface area contributed by atoms with Gasteiger partial charge in [0.2, 0.25) is 5.91 Å². The first-order chi connectivity index (χ1) is 11.5. The van der Waals surface area contributed by atoms with E-state index in [4.69, 9.17) is 4.74 Å². The molecule has 4 rings (SSSR count). The minimum absolute atomic E-state index is 0.0261. The van der Waals surface area contributed by atoms with Crippen molar-refractivity contribution in [3.05, 3.63) is 17.8 Å². The number of hydrogen-bond donors (Lipinski definition) is 1. The Bertz CT molecular complexity index is 701. The zero-order valence-electron chi connectivity index (χ0n) is 14.0. The van der Waals surface area contributed by atoms with E-state index in [1.54, 1.807) is 36.0 Å². The van der Waals surface area contributed by atoms with Gasteiger partial charge < -0.3 is 19.9 Å². The standard InChI is InChI=1S/C17H22N4O3/c1-11(22)20(2)13-3-6-21(9-13)16(23)12-7-14-15(18-8-12)19-17(4-5-17)10-24-14/h7-8,13H,3-6,9-10H2,1-2H3,(H,18,19)/t13-/m0/s1. The van der Waals surface area contributed by atoms with E-state index >= 15 is 0 Å². The minimum Gasteiger partial charge on any atom is -0.487 e. The van der Waals surface area contributed by atoms with E-state index in [1.165, 1.54) is 0 Å². The van der Waals surface area contributed by atoms with Crippen LogP contribution in [0, 0.1) is 0 Å². The second kappa shape index (κ2) is 5.36. The van der Waals surface area contributed by atoms with Crippen LogP contribution in [0.4, 0.5) is 5.82 Å². The first kappa shape index (κ1) is 15.2. The van der Waals surface area contributed by atoms with Crippen molar-refractivity contribution in [2.75, 3.05) is 32.1 Å². The zero-order valence-corrected chi connectivity index (χ0v) is 14.0. The highest BCUT2D eigenvalue weighted by molar-refractivity contribution is 5.95. The number of fused-ring (bicyclic) bond motifs is 1. The Labute approximate surface area is 141 Å². The van der Waals surface area contributed by atoms with Gasteiger partial charge in [0, 0.05) is 33.3 Å². The Morgan fingerprint density at radius 1 is 1.46 bits per heavy atom. The summed E-state index contributed by atoms with van der Waals surface area (Å²) < 4.78 is 5.80. The SMILES string of the molecule is CC(=O)N(C)[C@H]1CCN(C(=O)c2cnc3c(c2)OCC2(CC2)N3)C1. The summed E-state index contributed by atoms with van der Waals surface area (Å²) in [7, 11) is 1.79. The number of ether oxygens (including phenoxy) is 1. The summed E-state index contributed by atoms with van der Waals surface area (Å²) in [5, 5.41) is 3.41. The molecule has 0 radical (unpaired) electrons. The maximum absolute atomic E-state index is 12.7. The lowest BCUT2D eigenvalue weighted by Gasteiger charge is -2.27. The van der Waals surface area contributed by atoms with Crippen molar-refractivity contribution in [3.8, 4) is 5.75 Å². The van der Waals surface area contributed by atoms with Gasteiger partial charge in [-0.2, -0.15) is 0 Å². The first-order valence-electron chi connectivity index (χ1n) is 8.41. The summed E-state index contributed by atoms with van der Waals surface area (Å²) in [4.78, 5) is 32.1. The van der Waals surface area contributed by atoms with Crippen LogP contribution in [-0.2, 0) is 4.79 Å². The lowest BCUT2D eigenvalue weighted by molar-refractivity contribution is -0.129. The van der Waals surface area contributed by atoms with Crippen molar-refractivity contribution in [2.24, 2.45) is 0 Å². The lowest BCUT2D eigenvalue weighted by atomic mass is 10.2. The van der Waals surface area contributed by atoms with Gasteiger partial charge in [0.05, 0.1) is 17.1 Å². The van der Waals surface area contributed by atoms with Crippen LogP contribution in [0.3, 0.4) is 0 Å². The van der Waals surface area contributed by atoms with Crippen molar-refractivity contribution in [1.82, 2.24) is 14.8 Å². The van der Waals surface area contributed by atoms with Crippen molar-refractivity contribution in [2.45, 2.75) is 37.8 Å². The molecule has 1 atom stereocenters. The number of likely N-dealkylation sites (tertiary alicyclic amines) is 1. The molecule has 1 saturated heterocycles. The lowest BCUT2D eigenvalue weighted by Crippen LogP contribution is -2.39. The molecule has 1 N–H and O–H groups in total. The van der Waals surface area contributed by atoms with Crippen LogP contribution in [0.5, 0.6) is 5.75 Å². The molecule has 2 aliphatic heterocycles. The van der Waals surface area contributed by atoms with Gasteiger partial charge in [-0.1, -0.05) is 0 Å². The van der Waals surface area contributed by atoms with Gasteiger partial charge in [0.1, 0.15) is 6.61 Å². The molecule has 128 valence electrons. The minimum atomic E-state index is -0.0555. The summed E-state index contributed by atoms with van der Waals surface area (Å²) >= 11 is 0. The fraction of sp³-hybridized carbons (Fsp3) is 0.588. The summed E-state index contributed by atoms with van der Waals surface area (Å²) in [6, 6.07) is 1.86. The topological polar surface area (TPSA) is 74.8 Å². The number of rotatable bonds is 2. The highest BCUT2D eigenvalue weighted by Crippen LogP contribution is 2.44. The predicted octanol–water partition coefficient (Wildman–Crippen LogP) is 1.11. The molecule has 0 aromatic carbocycles. The van der Waals surface area contributed by atoms with E-state index in [2.05, 4.69) is 10.3 Å². The van der Waals surface area contributed by atoms with Crippen LogP contribution in [0.15, 0.2) is 12.3 Å². The van der Waals surface area contributed by atoms with Gasteiger partial charge in [-0.05, 0) is 25.3 Å². The van der Waals surface area contributed by atoms with Gasteiger partial charge in [-0.3, -0.25) is 9.59 Å². The molecule has 1 spiro atoms. The van der Waals surface area contributed by atoms with Crippen molar-refractivity contribution < 1.29 is 14.3 Å². The van der Waals surface area contributed by atoms with Gasteiger partial charge >= 0.3 is 0 Å². The summed E-state index contributed by atoms with van der Waals surface area (Å²) in [5.74, 6) is 1.35. The summed E-state index contributed by atoms with van der Waals surface area (Å²) in [5.41, 5.74) is 0.610. The van der Waals surface area contributed by atoms with E-state index in [1.807, 2.05) is 0 Å². The fourth-order valence-electron chi connectivity index (χ4n) is 3.37. The number of anilines is 1. The Morgan fingerprint density at radius 3 is 2.96 bits per heavy atom. The first-order valence-corrected chi connectivity index (χ1v) is 8.41. The van der Waals surface area contributed by atoms with Gasteiger partial charge in [-0.15, -0.1) is 0 Å². The Balaban J connectivity index is 1.46. The van der Waals surface area contributed by atoms with Gasteiger partial charge in [0.15, 0.2) is 11.6 Å². The number of nitrogens with zero attached hydrogens (tertiary/aromatic N) is 3. The van der Waals surface area contributed by atoms with Crippen LogP contribution in [-0.4, -0.2) is 64.9 Å². The van der Waals surface area contributed by atoms with Crippen LogP contribution in [0.1, 0.15) is 36.5 Å². The quantitative estimate of drug-likeness (QED) is 0.879. The third kappa shape index (κ3) is 2.57. The van der Waals surface area contributed by atoms with Crippen LogP contribution in [0.2, 0.25) is 0 Å². The molecule has 0 unspecified atom stereocenters. The number of nitrogens with one attached hydrogen (secondary N) is 1. The van der Waals surface area contributed by atoms with E-state index in [0.717, 1.165) is 25.1 Å². The number of pyridine rings is 1. The zero-order chi connectivity index (χ0) is 16.9. The van der Waals surface area contributed by atoms with E-state index in [0.29, 0.717) is 31.0 Å². The molecular formula is C17H22N4O3. The third-order valence-corrected chi connectivity index (χ3v) is 5.34. The molecule has 3 heterocycles. The number of aromatic nitrogens is 1. The number of likely N-dealkylation sites (N-methyl/N-ethyl adjacent to an activating group) is 1. The third-order valence-electron chi connectivity index (χ3n) is 5.34. The normalized spacial score (nSPS) is 23.2. The second-order valence-corrected chi connectivity index (χ2v) is 7.09. The van der Waals surface area contributed by atoms with E-state index in [-0.39, 0.29) is 23.4 Å². The molecular weight excluding hydrogens is 308 g/mol. The molecule has 24 heavy (non-hydrogen) atoms. The fourth-order valence-corrected chi connectivity index (χ4v) is 3.37. The number of carbonyl (C=O) groups is 2. The van der Waals surface area contributed by atoms with Crippen LogP contribution >= 0.6 is 0 Å². The number of hydrogen-bond acceptors (Lipinski definition) is 5. The Morgan fingerprint density at radius 2 is 2.25 bits per heavy atom. The molecule has 2 fully saturated rings. The smallest absolute Gasteiger partial charge is 0.255 e. The monoisotopic (exact) mass is 330 g/mol. The average molecular weight is 330 g/mol. The van der Waals surface area contributed by atoms with Gasteiger partial charge in [0.25, 0.3) is 5.91 Å². The molecule has 1 aromatic rings. The second-order valence-electron chi connectivity index (χ2n) is 7.09. The molecule has 1 aliphatic carbocycles. The van der Waals surface area contributed by atoms with E-state index in [9.17, 15) is 9.59 Å². The predicted molar refractivity (Wildman–Crippen MR) is 88.1 cm³/mol. The van der Waals surface area contributed by atoms with Crippen molar-refractivity contribution in [1.29, 1.82) is 0 Å². The average Bonchev–Trinajstić information content (AvgIpc) is 3.14. The maximum atomic E-state index is 12.7. The van der Waals surface area contributed by atoms with Crippen molar-refractivity contribution in [3.63, 3.8) is 0 Å². The van der Waals surface area contributed by atoms with Crippen molar-refractivity contribution >= 4 is 17.6 Å². The molecule has 7 heteroatoms. The Hall–Kier alpha value is -2.31. The molecule has 3 aliphatic rings. The molecule has 7 nitrogen and oxygen atoms in total. The van der Waals surface area contributed by atoms with E-state index < -0.39 is 0 Å². The largest absolute Gasteiger partial charge is 0.487 e. The molecule has 0 bridgehead atoms. The Kier molecular flexibility index (Phi) is 3.40. The molecule has 2 amide bonds. The molecule has 1 aromatic heterocycles. The highest BCUT2D eigenvalue weighted by Gasteiger charge is 2.47. The molecule has 1 saturated carbocycles. The highest BCUT2D eigenvalue weighted by atomic mass is 16.5. The maximum Gasteiger partial charge on any atom is 0.255 e. The van der Waals surface area contributed by atoms with Gasteiger partial charge in [-0.25, -0.2) is 4.98 Å². The summed E-state index contributed by atoms with van der Waals surface area (Å²) in [6.45, 7) is 3.40. The van der Waals surface area contributed by atoms with Crippen LogP contribution < -0.4 is 10.1 Å². The van der Waals surface area contributed by atoms with Crippen LogP contribution in [0.25, 0.3) is 0 Å². The number of amides is 2.